The summed E-state index contributed by atoms with van der Waals surface area (Å²) in [7, 11) is 0. The van der Waals surface area contributed by atoms with Crippen molar-refractivity contribution in [2.24, 2.45) is 0 Å². The molecule has 1 atom stereocenters. The van der Waals surface area contributed by atoms with Crippen molar-refractivity contribution >= 4 is 17.0 Å². The maximum Gasteiger partial charge on any atom is 0.420 e. The van der Waals surface area contributed by atoms with Gasteiger partial charge in [0.05, 0.1) is 18.7 Å². The van der Waals surface area contributed by atoms with Crippen molar-refractivity contribution in [1.29, 1.82) is 0 Å². The van der Waals surface area contributed by atoms with Crippen molar-refractivity contribution in [2.45, 2.75) is 13.0 Å². The van der Waals surface area contributed by atoms with Crippen molar-refractivity contribution in [3.05, 3.63) is 34.8 Å². The number of nitrogens with zero attached hydrogens (tertiary/aromatic N) is 2. The van der Waals surface area contributed by atoms with Crippen LogP contribution in [0.2, 0.25) is 0 Å². The van der Waals surface area contributed by atoms with Crippen LogP contribution >= 0.6 is 0 Å². The molecule has 1 fully saturated rings. The number of rotatable bonds is 2. The van der Waals surface area contributed by atoms with Crippen LogP contribution in [-0.4, -0.2) is 41.7 Å². The van der Waals surface area contributed by atoms with E-state index in [0.29, 0.717) is 37.4 Å². The van der Waals surface area contributed by atoms with Crippen LogP contribution in [0.1, 0.15) is 13.0 Å². The fourth-order valence-electron chi connectivity index (χ4n) is 2.51. The Labute approximate surface area is 115 Å². The molecule has 0 radical (unpaired) electrons. The fraction of sp³-hybridized carbons (Fsp3) is 0.429. The molecule has 6 nitrogen and oxygen atoms in total. The molecule has 3 rings (SSSR count). The van der Waals surface area contributed by atoms with Gasteiger partial charge >= 0.3 is 5.76 Å². The summed E-state index contributed by atoms with van der Waals surface area (Å²) in [5.41, 5.74) is 1.14. The van der Waals surface area contributed by atoms with Gasteiger partial charge in [-0.3, -0.25) is 9.36 Å². The predicted octanol–water partition coefficient (Wildman–Crippen LogP) is 1.01. The number of ether oxygens (including phenoxy) is 1. The topological polar surface area (TPSA) is 64.7 Å². The second-order valence-electron chi connectivity index (χ2n) is 4.82. The van der Waals surface area contributed by atoms with Crippen LogP contribution in [-0.2, 0) is 9.53 Å². The van der Waals surface area contributed by atoms with Gasteiger partial charge in [0.15, 0.2) is 5.58 Å². The first-order valence-corrected chi connectivity index (χ1v) is 6.65. The van der Waals surface area contributed by atoms with E-state index in [1.165, 1.54) is 4.57 Å². The minimum Gasteiger partial charge on any atom is -0.408 e. The number of hydrogen-bond acceptors (Lipinski definition) is 4. The third-order valence-electron chi connectivity index (χ3n) is 3.59. The number of carbonyl (C=O) groups is 1. The summed E-state index contributed by atoms with van der Waals surface area (Å²) in [6.07, 6.45) is 0. The standard InChI is InChI=1S/C14H16N2O4/c1-10(13(17)15-6-8-19-9-7-15)16-11-4-2-3-5-12(11)20-14(16)18/h2-5,10H,6-9H2,1H3/t10-/m0/s1. The molecule has 1 aromatic heterocycles. The Balaban J connectivity index is 1.95. The largest absolute Gasteiger partial charge is 0.420 e. The summed E-state index contributed by atoms with van der Waals surface area (Å²) in [6.45, 7) is 3.93. The van der Waals surface area contributed by atoms with Gasteiger partial charge in [-0.25, -0.2) is 4.79 Å². The number of aromatic nitrogens is 1. The molecule has 1 aliphatic heterocycles. The van der Waals surface area contributed by atoms with Crippen LogP contribution in [0.15, 0.2) is 33.5 Å². The molecule has 106 valence electrons. The normalized spacial score (nSPS) is 17.4. The molecule has 1 amide bonds. The lowest BCUT2D eigenvalue weighted by Gasteiger charge is -2.29. The Morgan fingerprint density at radius 1 is 1.25 bits per heavy atom. The summed E-state index contributed by atoms with van der Waals surface area (Å²) < 4.78 is 11.8. The number of amides is 1. The van der Waals surface area contributed by atoms with Crippen LogP contribution in [0.5, 0.6) is 0 Å². The molecular weight excluding hydrogens is 260 g/mol. The highest BCUT2D eigenvalue weighted by Gasteiger charge is 2.26. The Kier molecular flexibility index (Phi) is 3.31. The minimum atomic E-state index is -0.579. The Bertz CT molecular complexity index is 682. The van der Waals surface area contributed by atoms with E-state index >= 15 is 0 Å². The first kappa shape index (κ1) is 12.9. The van der Waals surface area contributed by atoms with Crippen molar-refractivity contribution < 1.29 is 13.9 Å². The fourth-order valence-corrected chi connectivity index (χ4v) is 2.51. The number of carbonyl (C=O) groups excluding carboxylic acids is 1. The summed E-state index contributed by atoms with van der Waals surface area (Å²) in [6, 6.07) is 6.54. The summed E-state index contributed by atoms with van der Waals surface area (Å²) in [5, 5.41) is 0. The SMILES string of the molecule is C[C@@H](C(=O)N1CCOCC1)n1c(=O)oc2ccccc21. The minimum absolute atomic E-state index is 0.0815. The zero-order chi connectivity index (χ0) is 14.1. The van der Waals surface area contributed by atoms with Gasteiger partial charge in [0, 0.05) is 13.1 Å². The van der Waals surface area contributed by atoms with E-state index in [1.807, 2.05) is 6.07 Å². The van der Waals surface area contributed by atoms with E-state index in [4.69, 9.17) is 9.15 Å². The number of benzene rings is 1. The van der Waals surface area contributed by atoms with Crippen LogP contribution in [0, 0.1) is 0 Å². The van der Waals surface area contributed by atoms with Gasteiger partial charge in [0.1, 0.15) is 6.04 Å². The average Bonchev–Trinajstić information content (AvgIpc) is 2.82. The number of morpholine rings is 1. The molecule has 0 aliphatic carbocycles. The van der Waals surface area contributed by atoms with Crippen LogP contribution in [0.4, 0.5) is 0 Å². The Hall–Kier alpha value is -2.08. The van der Waals surface area contributed by atoms with E-state index in [0.717, 1.165) is 0 Å². The molecule has 0 spiro atoms. The summed E-state index contributed by atoms with van der Waals surface area (Å²) in [4.78, 5) is 26.2. The van der Waals surface area contributed by atoms with Gasteiger partial charge in [-0.05, 0) is 19.1 Å². The quantitative estimate of drug-likeness (QED) is 0.821. The van der Waals surface area contributed by atoms with E-state index < -0.39 is 11.8 Å². The number of hydrogen-bond donors (Lipinski definition) is 0. The van der Waals surface area contributed by atoms with Gasteiger partial charge in [-0.2, -0.15) is 0 Å². The van der Waals surface area contributed by atoms with Crippen LogP contribution in [0.3, 0.4) is 0 Å². The second-order valence-corrected chi connectivity index (χ2v) is 4.82. The molecule has 2 aromatic rings. The molecule has 6 heteroatoms. The molecule has 0 bridgehead atoms. The molecule has 0 unspecified atom stereocenters. The lowest BCUT2D eigenvalue weighted by atomic mass is 10.2. The van der Waals surface area contributed by atoms with E-state index in [9.17, 15) is 9.59 Å². The average molecular weight is 276 g/mol. The molecule has 20 heavy (non-hydrogen) atoms. The lowest BCUT2D eigenvalue weighted by molar-refractivity contribution is -0.138. The number of fused-ring (bicyclic) bond motifs is 1. The van der Waals surface area contributed by atoms with Gasteiger partial charge in [-0.1, -0.05) is 12.1 Å². The second kappa shape index (κ2) is 5.13. The monoisotopic (exact) mass is 276 g/mol. The summed E-state index contributed by atoms with van der Waals surface area (Å²) in [5.74, 6) is -0.581. The molecule has 1 aromatic carbocycles. The molecule has 0 N–H and O–H groups in total. The maximum atomic E-state index is 12.5. The molecule has 2 heterocycles. The van der Waals surface area contributed by atoms with Crippen LogP contribution in [0.25, 0.3) is 11.1 Å². The van der Waals surface area contributed by atoms with Crippen LogP contribution < -0.4 is 5.76 Å². The summed E-state index contributed by atoms with van der Waals surface area (Å²) >= 11 is 0. The van der Waals surface area contributed by atoms with Crippen molar-refractivity contribution in [1.82, 2.24) is 9.47 Å². The maximum absolute atomic E-state index is 12.5. The molecular formula is C14H16N2O4. The highest BCUT2D eigenvalue weighted by molar-refractivity contribution is 5.83. The van der Waals surface area contributed by atoms with E-state index in [1.54, 1.807) is 30.0 Å². The van der Waals surface area contributed by atoms with Gasteiger partial charge in [0.2, 0.25) is 5.91 Å². The number of para-hydroxylation sites is 2. The number of oxazole rings is 1. The van der Waals surface area contributed by atoms with Gasteiger partial charge in [0.25, 0.3) is 0 Å². The zero-order valence-corrected chi connectivity index (χ0v) is 11.2. The highest BCUT2D eigenvalue weighted by Crippen LogP contribution is 2.18. The van der Waals surface area contributed by atoms with Crippen molar-refractivity contribution in [3.63, 3.8) is 0 Å². The Morgan fingerprint density at radius 2 is 1.95 bits per heavy atom. The molecule has 0 saturated carbocycles. The van der Waals surface area contributed by atoms with Gasteiger partial charge < -0.3 is 14.1 Å². The van der Waals surface area contributed by atoms with Crippen molar-refractivity contribution in [3.8, 4) is 0 Å². The van der Waals surface area contributed by atoms with Gasteiger partial charge in [-0.15, -0.1) is 0 Å². The smallest absolute Gasteiger partial charge is 0.408 e. The first-order chi connectivity index (χ1) is 9.68. The Morgan fingerprint density at radius 3 is 2.70 bits per heavy atom. The zero-order valence-electron chi connectivity index (χ0n) is 11.2. The third-order valence-corrected chi connectivity index (χ3v) is 3.59. The molecule has 1 saturated heterocycles. The van der Waals surface area contributed by atoms with E-state index in [-0.39, 0.29) is 5.91 Å². The van der Waals surface area contributed by atoms with Crippen molar-refractivity contribution in [2.75, 3.05) is 26.3 Å². The third kappa shape index (κ3) is 2.12. The molecule has 1 aliphatic rings. The lowest BCUT2D eigenvalue weighted by Crippen LogP contribution is -2.44. The highest BCUT2D eigenvalue weighted by atomic mass is 16.5. The first-order valence-electron chi connectivity index (χ1n) is 6.65. The predicted molar refractivity (Wildman–Crippen MR) is 72.6 cm³/mol. The van der Waals surface area contributed by atoms with E-state index in [2.05, 4.69) is 0 Å².